The third-order valence-electron chi connectivity index (χ3n) is 4.70. The SMILES string of the molecule is CCCCC(C)(C)[C@H](CCC)CCCC(O)(O)CCC. The molecule has 0 saturated carbocycles. The molecule has 20 heavy (non-hydrogen) atoms. The molecule has 1 atom stereocenters. The van der Waals surface area contributed by atoms with Gasteiger partial charge >= 0.3 is 0 Å². The minimum absolute atomic E-state index is 0.379. The summed E-state index contributed by atoms with van der Waals surface area (Å²) in [6.45, 7) is 11.3. The lowest BCUT2D eigenvalue weighted by molar-refractivity contribution is -0.171. The molecule has 0 aliphatic rings. The lowest BCUT2D eigenvalue weighted by Gasteiger charge is -2.35. The summed E-state index contributed by atoms with van der Waals surface area (Å²) >= 11 is 0. The third-order valence-corrected chi connectivity index (χ3v) is 4.70. The first-order chi connectivity index (χ1) is 9.29. The molecule has 0 saturated heterocycles. The van der Waals surface area contributed by atoms with Gasteiger partial charge in [0.05, 0.1) is 0 Å². The molecule has 0 heterocycles. The molecule has 2 heteroatoms. The van der Waals surface area contributed by atoms with Crippen molar-refractivity contribution in [3.05, 3.63) is 0 Å². The summed E-state index contributed by atoms with van der Waals surface area (Å²) in [6, 6.07) is 0. The van der Waals surface area contributed by atoms with Gasteiger partial charge in [0.1, 0.15) is 0 Å². The fourth-order valence-corrected chi connectivity index (χ4v) is 3.27. The van der Waals surface area contributed by atoms with Crippen LogP contribution >= 0.6 is 0 Å². The molecule has 0 aliphatic heterocycles. The molecule has 122 valence electrons. The lowest BCUT2D eigenvalue weighted by Crippen LogP contribution is -2.29. The van der Waals surface area contributed by atoms with E-state index in [9.17, 15) is 10.2 Å². The third kappa shape index (κ3) is 8.26. The van der Waals surface area contributed by atoms with Gasteiger partial charge in [0, 0.05) is 12.8 Å². The Labute approximate surface area is 127 Å². The minimum Gasteiger partial charge on any atom is -0.366 e. The predicted molar refractivity (Wildman–Crippen MR) is 87.6 cm³/mol. The Balaban J connectivity index is 4.33. The second kappa shape index (κ2) is 9.78. The van der Waals surface area contributed by atoms with E-state index >= 15 is 0 Å². The summed E-state index contributed by atoms with van der Waals surface area (Å²) in [6.07, 6.45) is 10.2. The maximum Gasteiger partial charge on any atom is 0.162 e. The summed E-state index contributed by atoms with van der Waals surface area (Å²) in [5.74, 6) is -0.740. The van der Waals surface area contributed by atoms with Crippen molar-refractivity contribution < 1.29 is 10.2 Å². The predicted octanol–water partition coefficient (Wildman–Crippen LogP) is 5.27. The Morgan fingerprint density at radius 3 is 1.90 bits per heavy atom. The van der Waals surface area contributed by atoms with Crippen LogP contribution in [-0.4, -0.2) is 16.0 Å². The van der Waals surface area contributed by atoms with E-state index in [-0.39, 0.29) is 0 Å². The molecule has 0 rings (SSSR count). The van der Waals surface area contributed by atoms with Crippen molar-refractivity contribution in [2.75, 3.05) is 0 Å². The van der Waals surface area contributed by atoms with Gasteiger partial charge in [-0.1, -0.05) is 66.7 Å². The molecular weight excluding hydrogens is 248 g/mol. The van der Waals surface area contributed by atoms with E-state index in [0.29, 0.717) is 24.2 Å². The van der Waals surface area contributed by atoms with E-state index in [1.54, 1.807) is 0 Å². The van der Waals surface area contributed by atoms with E-state index in [4.69, 9.17) is 0 Å². The van der Waals surface area contributed by atoms with Gasteiger partial charge < -0.3 is 10.2 Å². The standard InChI is InChI=1S/C18H38O2/c1-6-9-14-17(4,5)16(11-7-2)12-10-15-18(19,20)13-8-3/h16,19-20H,6-15H2,1-5H3/t16-/m1/s1. The molecule has 0 aromatic carbocycles. The van der Waals surface area contributed by atoms with Crippen molar-refractivity contribution in [3.63, 3.8) is 0 Å². The lowest BCUT2D eigenvalue weighted by atomic mass is 9.71. The maximum absolute atomic E-state index is 9.86. The van der Waals surface area contributed by atoms with Crippen LogP contribution in [0.5, 0.6) is 0 Å². The molecule has 0 bridgehead atoms. The second-order valence-electron chi connectivity index (χ2n) is 7.20. The van der Waals surface area contributed by atoms with Crippen LogP contribution in [-0.2, 0) is 0 Å². The zero-order valence-electron chi connectivity index (χ0n) is 14.5. The van der Waals surface area contributed by atoms with E-state index in [2.05, 4.69) is 27.7 Å². The fraction of sp³-hybridized carbons (Fsp3) is 1.00. The highest BCUT2D eigenvalue weighted by atomic mass is 16.5. The van der Waals surface area contributed by atoms with Gasteiger partial charge in [-0.15, -0.1) is 0 Å². The maximum atomic E-state index is 9.86. The van der Waals surface area contributed by atoms with Crippen molar-refractivity contribution in [3.8, 4) is 0 Å². The highest BCUT2D eigenvalue weighted by molar-refractivity contribution is 4.79. The monoisotopic (exact) mass is 286 g/mol. The molecule has 2 nitrogen and oxygen atoms in total. The highest BCUT2D eigenvalue weighted by Crippen LogP contribution is 2.39. The molecule has 0 spiro atoms. The van der Waals surface area contributed by atoms with E-state index in [0.717, 1.165) is 19.3 Å². The minimum atomic E-state index is -1.45. The molecule has 0 aromatic heterocycles. The average molecular weight is 286 g/mol. The quantitative estimate of drug-likeness (QED) is 0.480. The molecule has 0 aliphatic carbocycles. The Bertz CT molecular complexity index is 234. The Morgan fingerprint density at radius 1 is 0.750 bits per heavy atom. The topological polar surface area (TPSA) is 40.5 Å². The molecular formula is C18H38O2. The normalized spacial score (nSPS) is 14.6. The Kier molecular flexibility index (Phi) is 9.74. The molecule has 0 fully saturated rings. The molecule has 2 N–H and O–H groups in total. The fourth-order valence-electron chi connectivity index (χ4n) is 3.27. The number of unbranched alkanes of at least 4 members (excludes halogenated alkanes) is 1. The Hall–Kier alpha value is -0.0800. The summed E-state index contributed by atoms with van der Waals surface area (Å²) in [5.41, 5.74) is 0.379. The van der Waals surface area contributed by atoms with Crippen molar-refractivity contribution in [2.45, 2.75) is 105 Å². The van der Waals surface area contributed by atoms with Gasteiger partial charge in [0.25, 0.3) is 0 Å². The summed E-state index contributed by atoms with van der Waals surface area (Å²) in [5, 5.41) is 19.7. The Morgan fingerprint density at radius 2 is 1.40 bits per heavy atom. The van der Waals surface area contributed by atoms with Gasteiger partial charge in [-0.3, -0.25) is 0 Å². The van der Waals surface area contributed by atoms with Crippen LogP contribution in [0.15, 0.2) is 0 Å². The van der Waals surface area contributed by atoms with Crippen molar-refractivity contribution in [1.29, 1.82) is 0 Å². The van der Waals surface area contributed by atoms with E-state index in [1.807, 2.05) is 6.92 Å². The van der Waals surface area contributed by atoms with E-state index < -0.39 is 5.79 Å². The zero-order valence-corrected chi connectivity index (χ0v) is 14.5. The van der Waals surface area contributed by atoms with Crippen LogP contribution in [0.1, 0.15) is 98.8 Å². The average Bonchev–Trinajstić information content (AvgIpc) is 2.35. The zero-order chi connectivity index (χ0) is 15.6. The van der Waals surface area contributed by atoms with Crippen molar-refractivity contribution >= 4 is 0 Å². The molecule has 0 aromatic rings. The van der Waals surface area contributed by atoms with Crippen molar-refractivity contribution in [1.82, 2.24) is 0 Å². The first-order valence-corrected chi connectivity index (χ1v) is 8.73. The highest BCUT2D eigenvalue weighted by Gasteiger charge is 2.29. The summed E-state index contributed by atoms with van der Waals surface area (Å²) < 4.78 is 0. The largest absolute Gasteiger partial charge is 0.366 e. The summed E-state index contributed by atoms with van der Waals surface area (Å²) in [7, 11) is 0. The van der Waals surface area contributed by atoms with Gasteiger partial charge in [-0.2, -0.15) is 0 Å². The number of hydrogen-bond acceptors (Lipinski definition) is 2. The first kappa shape index (κ1) is 19.9. The van der Waals surface area contributed by atoms with Gasteiger partial charge in [-0.25, -0.2) is 0 Å². The molecule has 0 amide bonds. The molecule has 0 unspecified atom stereocenters. The van der Waals surface area contributed by atoms with Gasteiger partial charge in [0.15, 0.2) is 5.79 Å². The van der Waals surface area contributed by atoms with E-state index in [1.165, 1.54) is 32.1 Å². The first-order valence-electron chi connectivity index (χ1n) is 8.73. The number of hydrogen-bond donors (Lipinski definition) is 2. The van der Waals surface area contributed by atoms with Crippen LogP contribution in [0.3, 0.4) is 0 Å². The second-order valence-corrected chi connectivity index (χ2v) is 7.20. The van der Waals surface area contributed by atoms with Crippen molar-refractivity contribution in [2.24, 2.45) is 11.3 Å². The van der Waals surface area contributed by atoms with Gasteiger partial charge in [0.2, 0.25) is 0 Å². The van der Waals surface area contributed by atoms with Crippen LogP contribution in [0.2, 0.25) is 0 Å². The van der Waals surface area contributed by atoms with Crippen LogP contribution in [0.4, 0.5) is 0 Å². The summed E-state index contributed by atoms with van der Waals surface area (Å²) in [4.78, 5) is 0. The smallest absolute Gasteiger partial charge is 0.162 e. The van der Waals surface area contributed by atoms with Crippen LogP contribution < -0.4 is 0 Å². The van der Waals surface area contributed by atoms with Crippen LogP contribution in [0.25, 0.3) is 0 Å². The van der Waals surface area contributed by atoms with Crippen LogP contribution in [0, 0.1) is 11.3 Å². The number of rotatable bonds is 12. The van der Waals surface area contributed by atoms with Gasteiger partial charge in [-0.05, 0) is 30.6 Å². The number of aliphatic hydroxyl groups is 2. The molecule has 0 radical (unpaired) electrons.